The molecule has 1 atom stereocenters. The number of benzene rings is 2. The number of halogens is 1. The lowest BCUT2D eigenvalue weighted by molar-refractivity contribution is -0.136. The summed E-state index contributed by atoms with van der Waals surface area (Å²) in [6.07, 6.45) is 4.48. The number of aromatic nitrogens is 1. The molecule has 0 saturated heterocycles. The van der Waals surface area contributed by atoms with Gasteiger partial charge >= 0.3 is 11.8 Å². The van der Waals surface area contributed by atoms with Gasteiger partial charge < -0.3 is 10.6 Å². The molecule has 0 fully saturated rings. The molecule has 0 saturated carbocycles. The fourth-order valence-corrected chi connectivity index (χ4v) is 4.16. The Hall–Kier alpha value is -3.22. The summed E-state index contributed by atoms with van der Waals surface area (Å²) in [6, 6.07) is 17.4. The third-order valence-corrected chi connectivity index (χ3v) is 6.02. The minimum absolute atomic E-state index is 0.0956. The molecule has 2 amide bonds. The van der Waals surface area contributed by atoms with Crippen LogP contribution in [0.4, 0.5) is 5.69 Å². The fraction of sp³-hybridized carbons (Fsp3) is 0.240. The number of aryl methyl sites for hydroxylation is 1. The monoisotopic (exact) mass is 448 g/mol. The minimum Gasteiger partial charge on any atom is -0.346 e. The number of nitrogens with zero attached hydrogens (tertiary/aromatic N) is 2. The van der Waals surface area contributed by atoms with Crippen molar-refractivity contribution in [3.05, 3.63) is 94.3 Å². The van der Waals surface area contributed by atoms with Gasteiger partial charge in [0, 0.05) is 42.7 Å². The molecule has 0 unspecified atom stereocenters. The normalized spacial score (nSPS) is 14.3. The molecule has 2 N–H and O–H groups in total. The summed E-state index contributed by atoms with van der Waals surface area (Å²) >= 11 is 6.01. The lowest BCUT2D eigenvalue weighted by atomic mass is 9.97. The first-order chi connectivity index (χ1) is 15.5. The van der Waals surface area contributed by atoms with E-state index in [-0.39, 0.29) is 6.04 Å². The highest BCUT2D eigenvalue weighted by Gasteiger charge is 2.26. The van der Waals surface area contributed by atoms with Gasteiger partial charge in [0.15, 0.2) is 0 Å². The van der Waals surface area contributed by atoms with Crippen LogP contribution in [0, 0.1) is 6.92 Å². The average molecular weight is 449 g/mol. The summed E-state index contributed by atoms with van der Waals surface area (Å²) < 4.78 is 0. The number of hydrogen-bond donors (Lipinski definition) is 2. The lowest BCUT2D eigenvalue weighted by Crippen LogP contribution is -2.43. The second kappa shape index (κ2) is 9.94. The van der Waals surface area contributed by atoms with Gasteiger partial charge in [-0.25, -0.2) is 0 Å². The maximum atomic E-state index is 12.6. The summed E-state index contributed by atoms with van der Waals surface area (Å²) in [5.74, 6) is -1.40. The number of carbonyl (C=O) groups excluding carboxylic acids is 2. The third kappa shape index (κ3) is 5.15. The van der Waals surface area contributed by atoms with E-state index < -0.39 is 11.8 Å². The lowest BCUT2D eigenvalue weighted by Gasteiger charge is -2.35. The molecule has 6 nitrogen and oxygen atoms in total. The predicted molar refractivity (Wildman–Crippen MR) is 125 cm³/mol. The topological polar surface area (TPSA) is 74.3 Å². The zero-order valence-corrected chi connectivity index (χ0v) is 18.6. The standard InChI is InChI=1S/C25H25ClN4O2/c1-17-8-9-21(26)13-22(17)29-25(32)24(31)28-15-23(19-7-4-11-27-14-19)30-12-10-18-5-2-3-6-20(18)16-30/h2-9,11,13-14,23H,10,12,15-16H2,1H3,(H,28,31)(H,29,32)/t23-/m0/s1. The molecule has 0 aliphatic carbocycles. The van der Waals surface area contributed by atoms with Crippen molar-refractivity contribution in [1.82, 2.24) is 15.2 Å². The second-order valence-corrected chi connectivity index (χ2v) is 8.35. The third-order valence-electron chi connectivity index (χ3n) is 5.78. The van der Waals surface area contributed by atoms with Crippen LogP contribution in [-0.4, -0.2) is 34.8 Å². The molecule has 1 aliphatic rings. The number of hydrogen-bond acceptors (Lipinski definition) is 4. The van der Waals surface area contributed by atoms with Crippen LogP contribution in [0.3, 0.4) is 0 Å². The van der Waals surface area contributed by atoms with E-state index in [1.807, 2.05) is 31.3 Å². The number of rotatable bonds is 5. The van der Waals surface area contributed by atoms with E-state index >= 15 is 0 Å². The zero-order valence-electron chi connectivity index (χ0n) is 17.8. The van der Waals surface area contributed by atoms with Gasteiger partial charge in [0.1, 0.15) is 0 Å². The minimum atomic E-state index is -0.718. The van der Waals surface area contributed by atoms with E-state index in [2.05, 4.69) is 38.7 Å². The smallest absolute Gasteiger partial charge is 0.313 e. The Labute approximate surface area is 192 Å². The molecule has 1 aliphatic heterocycles. The summed E-state index contributed by atoms with van der Waals surface area (Å²) in [4.78, 5) is 31.6. The maximum Gasteiger partial charge on any atom is 0.313 e. The Morgan fingerprint density at radius 1 is 1.09 bits per heavy atom. The van der Waals surface area contributed by atoms with E-state index in [0.717, 1.165) is 30.6 Å². The first-order valence-corrected chi connectivity index (χ1v) is 10.9. The van der Waals surface area contributed by atoms with Crippen LogP contribution in [0.25, 0.3) is 0 Å². The van der Waals surface area contributed by atoms with Crippen molar-refractivity contribution < 1.29 is 9.59 Å². The van der Waals surface area contributed by atoms with Gasteiger partial charge in [-0.2, -0.15) is 0 Å². The van der Waals surface area contributed by atoms with E-state index in [4.69, 9.17) is 11.6 Å². The predicted octanol–water partition coefficient (Wildman–Crippen LogP) is 3.90. The van der Waals surface area contributed by atoms with Crippen molar-refractivity contribution in [2.24, 2.45) is 0 Å². The molecule has 4 rings (SSSR count). The van der Waals surface area contributed by atoms with Crippen molar-refractivity contribution in [3.8, 4) is 0 Å². The molecule has 1 aromatic heterocycles. The Morgan fingerprint density at radius 2 is 1.91 bits per heavy atom. The van der Waals surface area contributed by atoms with Crippen molar-refractivity contribution in [2.45, 2.75) is 25.9 Å². The molecule has 0 spiro atoms. The number of nitrogens with one attached hydrogen (secondary N) is 2. The van der Waals surface area contributed by atoms with Gasteiger partial charge in [-0.1, -0.05) is 48.0 Å². The van der Waals surface area contributed by atoms with Crippen LogP contribution in [0.2, 0.25) is 5.02 Å². The molecule has 7 heteroatoms. The first-order valence-electron chi connectivity index (χ1n) is 10.6. The number of fused-ring (bicyclic) bond motifs is 1. The molecule has 2 heterocycles. The second-order valence-electron chi connectivity index (χ2n) is 7.91. The van der Waals surface area contributed by atoms with Crippen LogP contribution >= 0.6 is 11.6 Å². The van der Waals surface area contributed by atoms with Gasteiger partial charge in [0.25, 0.3) is 0 Å². The highest BCUT2D eigenvalue weighted by molar-refractivity contribution is 6.40. The number of amides is 2. The van der Waals surface area contributed by atoms with Crippen molar-refractivity contribution in [2.75, 3.05) is 18.4 Å². The molecular formula is C25H25ClN4O2. The summed E-state index contributed by atoms with van der Waals surface area (Å²) in [7, 11) is 0. The van der Waals surface area contributed by atoms with Crippen molar-refractivity contribution in [1.29, 1.82) is 0 Å². The van der Waals surface area contributed by atoms with E-state index in [0.29, 0.717) is 17.3 Å². The van der Waals surface area contributed by atoms with Crippen molar-refractivity contribution >= 4 is 29.1 Å². The highest BCUT2D eigenvalue weighted by Crippen LogP contribution is 2.27. The van der Waals surface area contributed by atoms with Crippen LogP contribution in [0.15, 0.2) is 67.0 Å². The van der Waals surface area contributed by atoms with Crippen LogP contribution < -0.4 is 10.6 Å². The van der Waals surface area contributed by atoms with E-state index in [1.165, 1.54) is 11.1 Å². The number of anilines is 1. The fourth-order valence-electron chi connectivity index (χ4n) is 3.99. The summed E-state index contributed by atoms with van der Waals surface area (Å²) in [5, 5.41) is 5.94. The molecule has 0 bridgehead atoms. The Kier molecular flexibility index (Phi) is 6.83. The Morgan fingerprint density at radius 3 is 2.69 bits per heavy atom. The Bertz CT molecular complexity index is 1120. The molecule has 2 aromatic carbocycles. The average Bonchev–Trinajstić information content (AvgIpc) is 2.82. The first kappa shape index (κ1) is 22.0. The summed E-state index contributed by atoms with van der Waals surface area (Å²) in [6.45, 7) is 3.78. The molecule has 164 valence electrons. The SMILES string of the molecule is Cc1ccc(Cl)cc1NC(=O)C(=O)NC[C@@H](c1cccnc1)N1CCc2ccccc2C1. The Balaban J connectivity index is 1.45. The van der Waals surface area contributed by atoms with Crippen LogP contribution in [0.5, 0.6) is 0 Å². The summed E-state index contributed by atoms with van der Waals surface area (Å²) in [5.41, 5.74) is 4.99. The van der Waals surface area contributed by atoms with Gasteiger partial charge in [-0.15, -0.1) is 0 Å². The molecule has 3 aromatic rings. The van der Waals surface area contributed by atoms with Crippen LogP contribution in [-0.2, 0) is 22.6 Å². The number of carbonyl (C=O) groups is 2. The zero-order chi connectivity index (χ0) is 22.5. The molecule has 0 radical (unpaired) electrons. The van der Waals surface area contributed by atoms with Crippen LogP contribution in [0.1, 0.15) is 28.3 Å². The molecular weight excluding hydrogens is 424 g/mol. The number of pyridine rings is 1. The maximum absolute atomic E-state index is 12.6. The van der Waals surface area contributed by atoms with Gasteiger partial charge in [-0.3, -0.25) is 19.5 Å². The molecule has 32 heavy (non-hydrogen) atoms. The highest BCUT2D eigenvalue weighted by atomic mass is 35.5. The quantitative estimate of drug-likeness (QED) is 0.580. The van der Waals surface area contributed by atoms with Gasteiger partial charge in [0.2, 0.25) is 0 Å². The van der Waals surface area contributed by atoms with E-state index in [1.54, 1.807) is 24.4 Å². The van der Waals surface area contributed by atoms with Crippen molar-refractivity contribution in [3.63, 3.8) is 0 Å². The largest absolute Gasteiger partial charge is 0.346 e. The van der Waals surface area contributed by atoms with Gasteiger partial charge in [0.05, 0.1) is 6.04 Å². The van der Waals surface area contributed by atoms with Gasteiger partial charge in [-0.05, 0) is 53.8 Å². The van der Waals surface area contributed by atoms with E-state index in [9.17, 15) is 9.59 Å².